The van der Waals surface area contributed by atoms with Crippen molar-refractivity contribution in [1.82, 2.24) is 0 Å². The summed E-state index contributed by atoms with van der Waals surface area (Å²) in [4.78, 5) is 0. The van der Waals surface area contributed by atoms with E-state index in [0.717, 1.165) is 30.3 Å². The number of hydrogen-bond acceptors (Lipinski definition) is 3. The third kappa shape index (κ3) is 4.68. The fraction of sp³-hybridized carbons (Fsp3) is 0.500. The fourth-order valence-corrected chi connectivity index (χ4v) is 1.84. The Hall–Kier alpha value is -0.545. The second-order valence-electron chi connectivity index (χ2n) is 4.00. The quantitative estimate of drug-likeness (QED) is 0.576. The molecule has 0 saturated carbocycles. The lowest BCUT2D eigenvalue weighted by Gasteiger charge is -2.13. The second-order valence-corrected chi connectivity index (χ2v) is 4.44. The minimum Gasteiger partial charge on any atom is -0.418 e. The summed E-state index contributed by atoms with van der Waals surface area (Å²) in [5, 5.41) is 9.83. The Morgan fingerprint density at radius 1 is 1.41 bits per heavy atom. The highest BCUT2D eigenvalue weighted by Crippen LogP contribution is 2.09. The van der Waals surface area contributed by atoms with Gasteiger partial charge in [-0.25, -0.2) is 0 Å². The molecule has 0 aromatic heterocycles. The average Bonchev–Trinajstić information content (AvgIpc) is 2.34. The van der Waals surface area contributed by atoms with Crippen LogP contribution >= 0.6 is 11.6 Å². The molecule has 1 aromatic carbocycles. The molecule has 0 fully saturated rings. The van der Waals surface area contributed by atoms with Gasteiger partial charge in [-0.05, 0) is 29.6 Å². The smallest absolute Gasteiger partial charge is 0.413 e. The fourth-order valence-electron chi connectivity index (χ4n) is 1.64. The maximum atomic E-state index is 9.23. The van der Waals surface area contributed by atoms with Crippen LogP contribution in [0.25, 0.3) is 0 Å². The molecular weight excluding hydrogens is 236 g/mol. The lowest BCUT2D eigenvalue weighted by atomic mass is 9.72. The van der Waals surface area contributed by atoms with E-state index in [1.807, 2.05) is 0 Å². The summed E-state index contributed by atoms with van der Waals surface area (Å²) in [6.07, 6.45) is 3.30. The molecule has 0 atom stereocenters. The van der Waals surface area contributed by atoms with Gasteiger partial charge in [-0.15, -0.1) is 0 Å². The zero-order chi connectivity index (χ0) is 12.7. The Morgan fingerprint density at radius 3 is 2.82 bits per heavy atom. The lowest BCUT2D eigenvalue weighted by molar-refractivity contribution is 0.281. The zero-order valence-corrected chi connectivity index (χ0v) is 10.9. The largest absolute Gasteiger partial charge is 0.418 e. The van der Waals surface area contributed by atoms with E-state index >= 15 is 0 Å². The molecule has 0 spiro atoms. The number of hydrogen-bond donors (Lipinski definition) is 2. The van der Waals surface area contributed by atoms with E-state index in [-0.39, 0.29) is 6.61 Å². The predicted molar refractivity (Wildman–Crippen MR) is 72.4 cm³/mol. The molecule has 3 N–H and O–H groups in total. The molecule has 3 nitrogen and oxygen atoms in total. The maximum Gasteiger partial charge on any atom is 0.413 e. The van der Waals surface area contributed by atoms with Crippen molar-refractivity contribution in [2.45, 2.75) is 32.8 Å². The highest BCUT2D eigenvalue weighted by atomic mass is 35.5. The number of halogens is 1. The van der Waals surface area contributed by atoms with Crippen LogP contribution in [0.15, 0.2) is 18.2 Å². The van der Waals surface area contributed by atoms with Crippen LogP contribution in [0.2, 0.25) is 5.02 Å². The molecule has 0 aliphatic heterocycles. The Labute approximate surface area is 108 Å². The third-order valence-electron chi connectivity index (χ3n) is 2.63. The molecule has 0 radical (unpaired) electrons. The minimum absolute atomic E-state index is 0.0814. The molecule has 0 aliphatic carbocycles. The van der Waals surface area contributed by atoms with Crippen LogP contribution < -0.4 is 11.1 Å². The summed E-state index contributed by atoms with van der Waals surface area (Å²) in [6, 6.07) is 5.27. The first-order chi connectivity index (χ1) is 8.19. The molecule has 0 aliphatic rings. The van der Waals surface area contributed by atoms with Gasteiger partial charge >= 0.3 is 7.05 Å². The van der Waals surface area contributed by atoms with Crippen molar-refractivity contribution in [3.05, 3.63) is 28.8 Å². The molecule has 0 saturated heterocycles. The number of nitrogens with two attached hydrogens (primary N) is 1. The molecular formula is C12H19BClNO2. The minimum atomic E-state index is -0.494. The molecule has 0 bridgehead atoms. The van der Waals surface area contributed by atoms with Gasteiger partial charge in [0.2, 0.25) is 0 Å². The molecule has 0 heterocycles. The summed E-state index contributed by atoms with van der Waals surface area (Å²) in [7, 11) is -0.494. The Morgan fingerprint density at radius 2 is 2.18 bits per heavy atom. The molecule has 17 heavy (non-hydrogen) atoms. The van der Waals surface area contributed by atoms with Gasteiger partial charge in [0.05, 0.1) is 6.61 Å². The van der Waals surface area contributed by atoms with Crippen LogP contribution in [0.3, 0.4) is 0 Å². The van der Waals surface area contributed by atoms with Crippen LogP contribution in [-0.2, 0) is 11.3 Å². The summed E-state index contributed by atoms with van der Waals surface area (Å²) >= 11 is 5.85. The van der Waals surface area contributed by atoms with Crippen molar-refractivity contribution in [1.29, 1.82) is 0 Å². The first kappa shape index (κ1) is 14.5. The monoisotopic (exact) mass is 255 g/mol. The van der Waals surface area contributed by atoms with Gasteiger partial charge in [-0.1, -0.05) is 37.4 Å². The number of unbranched alkanes of at least 4 members (excludes halogenated alkanes) is 2. The summed E-state index contributed by atoms with van der Waals surface area (Å²) < 4.78 is 5.54. The Bertz CT molecular complexity index is 349. The third-order valence-corrected chi connectivity index (χ3v) is 2.86. The van der Waals surface area contributed by atoms with E-state index in [9.17, 15) is 5.11 Å². The van der Waals surface area contributed by atoms with Crippen molar-refractivity contribution in [3.63, 3.8) is 0 Å². The molecule has 1 rings (SSSR count). The molecule has 0 amide bonds. The van der Waals surface area contributed by atoms with Gasteiger partial charge in [0.15, 0.2) is 0 Å². The molecule has 94 valence electrons. The van der Waals surface area contributed by atoms with Crippen molar-refractivity contribution in [3.8, 4) is 0 Å². The van der Waals surface area contributed by atoms with Crippen molar-refractivity contribution in [2.75, 3.05) is 6.61 Å². The SMILES string of the molecule is CCCCCOB(N)c1ccc(Cl)cc1CO. The first-order valence-corrected chi connectivity index (χ1v) is 6.33. The molecule has 0 unspecified atom stereocenters. The number of rotatable bonds is 7. The number of benzene rings is 1. The Balaban J connectivity index is 2.58. The van der Waals surface area contributed by atoms with Crippen molar-refractivity contribution >= 4 is 24.1 Å². The zero-order valence-electron chi connectivity index (χ0n) is 10.2. The average molecular weight is 256 g/mol. The summed E-state index contributed by atoms with van der Waals surface area (Å²) in [6.45, 7) is 2.70. The van der Waals surface area contributed by atoms with Gasteiger partial charge in [0.1, 0.15) is 0 Å². The maximum absolute atomic E-state index is 9.23. The number of aliphatic hydroxyl groups excluding tert-OH is 1. The van der Waals surface area contributed by atoms with Crippen LogP contribution in [0.5, 0.6) is 0 Å². The summed E-state index contributed by atoms with van der Waals surface area (Å²) in [5.41, 5.74) is 7.45. The van der Waals surface area contributed by atoms with Gasteiger partial charge in [0.25, 0.3) is 0 Å². The van der Waals surface area contributed by atoms with Crippen LogP contribution in [0.4, 0.5) is 0 Å². The topological polar surface area (TPSA) is 55.5 Å². The van der Waals surface area contributed by atoms with Crippen molar-refractivity contribution < 1.29 is 9.76 Å². The highest BCUT2D eigenvalue weighted by Gasteiger charge is 2.17. The predicted octanol–water partition coefficient (Wildman–Crippen LogP) is 1.69. The Kier molecular flexibility index (Phi) is 6.59. The van der Waals surface area contributed by atoms with Gasteiger partial charge in [0, 0.05) is 11.6 Å². The number of aliphatic hydroxyl groups is 1. The van der Waals surface area contributed by atoms with Crippen LogP contribution in [0, 0.1) is 0 Å². The molecule has 5 heteroatoms. The second kappa shape index (κ2) is 7.72. The van der Waals surface area contributed by atoms with E-state index < -0.39 is 7.05 Å². The van der Waals surface area contributed by atoms with E-state index in [2.05, 4.69) is 6.92 Å². The van der Waals surface area contributed by atoms with Crippen LogP contribution in [0.1, 0.15) is 31.7 Å². The van der Waals surface area contributed by atoms with Gasteiger partial charge in [-0.3, -0.25) is 0 Å². The van der Waals surface area contributed by atoms with E-state index in [1.54, 1.807) is 18.2 Å². The normalized spacial score (nSPS) is 10.6. The van der Waals surface area contributed by atoms with Crippen LogP contribution in [-0.4, -0.2) is 18.8 Å². The van der Waals surface area contributed by atoms with Gasteiger partial charge < -0.3 is 15.4 Å². The standard InChI is InChI=1S/C12H19BClNO2/c1-2-3-4-7-17-13(15)12-6-5-11(14)8-10(12)9-16/h5-6,8,16H,2-4,7,9,15H2,1H3. The first-order valence-electron chi connectivity index (χ1n) is 5.95. The highest BCUT2D eigenvalue weighted by molar-refractivity contribution is 6.64. The van der Waals surface area contributed by atoms with E-state index in [0.29, 0.717) is 11.6 Å². The summed E-state index contributed by atoms with van der Waals surface area (Å²) in [5.74, 6) is 0. The van der Waals surface area contributed by atoms with E-state index in [4.69, 9.17) is 21.9 Å². The lowest BCUT2D eigenvalue weighted by Crippen LogP contribution is -2.45. The van der Waals surface area contributed by atoms with Gasteiger partial charge in [-0.2, -0.15) is 0 Å². The van der Waals surface area contributed by atoms with E-state index in [1.165, 1.54) is 0 Å². The molecule has 1 aromatic rings. The van der Waals surface area contributed by atoms with Crippen molar-refractivity contribution in [2.24, 2.45) is 5.64 Å².